The highest BCUT2D eigenvalue weighted by molar-refractivity contribution is 5.66. The smallest absolute Gasteiger partial charge is 0.407 e. The summed E-state index contributed by atoms with van der Waals surface area (Å²) in [5, 5.41) is 31.9. The van der Waals surface area contributed by atoms with Crippen LogP contribution in [0.3, 0.4) is 0 Å². The molecular formula is C18H25N7O4. The summed E-state index contributed by atoms with van der Waals surface area (Å²) < 4.78 is 5.29. The van der Waals surface area contributed by atoms with Gasteiger partial charge in [0.2, 0.25) is 11.8 Å². The fourth-order valence-electron chi connectivity index (χ4n) is 4.29. The molecule has 4 heterocycles. The van der Waals surface area contributed by atoms with Crippen LogP contribution in [0.2, 0.25) is 0 Å². The number of aliphatic hydroxyl groups is 1. The molecule has 0 unspecified atom stereocenters. The fourth-order valence-corrected chi connectivity index (χ4v) is 4.29. The minimum atomic E-state index is -0.830. The maximum absolute atomic E-state index is 11.6. The van der Waals surface area contributed by atoms with Gasteiger partial charge in [0.05, 0.1) is 19.4 Å². The molecule has 2 bridgehead atoms. The van der Waals surface area contributed by atoms with Crippen molar-refractivity contribution in [3.05, 3.63) is 17.8 Å². The number of nitrogens with one attached hydrogen (secondary N) is 3. The van der Waals surface area contributed by atoms with Crippen LogP contribution >= 0.6 is 0 Å². The van der Waals surface area contributed by atoms with Crippen LogP contribution in [0.4, 0.5) is 22.4 Å². The summed E-state index contributed by atoms with van der Waals surface area (Å²) in [5.74, 6) is 1.83. The average molecular weight is 403 g/mol. The van der Waals surface area contributed by atoms with Gasteiger partial charge in [-0.1, -0.05) is 0 Å². The molecule has 0 aliphatic carbocycles. The van der Waals surface area contributed by atoms with Crippen LogP contribution in [-0.2, 0) is 6.61 Å². The van der Waals surface area contributed by atoms with E-state index in [4.69, 9.17) is 9.84 Å². The van der Waals surface area contributed by atoms with Crippen LogP contribution in [0.15, 0.2) is 12.1 Å². The number of fused-ring (bicyclic) bond motifs is 2. The van der Waals surface area contributed by atoms with Crippen molar-refractivity contribution < 1.29 is 19.7 Å². The Morgan fingerprint density at radius 2 is 2.03 bits per heavy atom. The van der Waals surface area contributed by atoms with Gasteiger partial charge < -0.3 is 30.5 Å². The molecule has 2 aliphatic rings. The van der Waals surface area contributed by atoms with Gasteiger partial charge in [0.1, 0.15) is 5.82 Å². The first-order valence-electron chi connectivity index (χ1n) is 9.68. The van der Waals surface area contributed by atoms with E-state index in [9.17, 15) is 9.90 Å². The number of rotatable bonds is 6. The lowest BCUT2D eigenvalue weighted by Crippen LogP contribution is -2.56. The molecule has 0 spiro atoms. The van der Waals surface area contributed by atoms with E-state index < -0.39 is 6.09 Å². The lowest BCUT2D eigenvalue weighted by Gasteiger charge is -2.47. The van der Waals surface area contributed by atoms with Crippen molar-refractivity contribution >= 4 is 23.7 Å². The SMILES string of the molecule is COc1cc(Nc2cc(CO)[nH]n2)nc(N[C@@H]2C[C@H]3CCC[C@@H](C2)N3C(=O)O)n1. The number of H-pyrrole nitrogens is 1. The van der Waals surface area contributed by atoms with Crippen LogP contribution < -0.4 is 15.4 Å². The number of nitrogens with zero attached hydrogens (tertiary/aromatic N) is 4. The molecule has 156 valence electrons. The Kier molecular flexibility index (Phi) is 5.38. The van der Waals surface area contributed by atoms with Crippen LogP contribution in [0.5, 0.6) is 5.88 Å². The molecule has 11 heteroatoms. The highest BCUT2D eigenvalue weighted by atomic mass is 16.5. The number of piperidine rings is 2. The standard InChI is InChI=1S/C18H25N7O4/c1-29-16-8-14(20-15-7-11(9-26)23-24-15)21-17(22-16)19-10-5-12-3-2-4-13(6-10)25(12)18(27)28/h7-8,10,12-13,26H,2-6,9H2,1H3,(H,27,28)(H3,19,20,21,22,23,24)/t10-,12-,13+. The van der Waals surface area contributed by atoms with Crippen molar-refractivity contribution in [2.75, 3.05) is 17.7 Å². The molecule has 2 aromatic heterocycles. The first-order chi connectivity index (χ1) is 14.1. The Morgan fingerprint density at radius 1 is 1.28 bits per heavy atom. The van der Waals surface area contributed by atoms with E-state index in [2.05, 4.69) is 30.8 Å². The minimum Gasteiger partial charge on any atom is -0.481 e. The molecule has 5 N–H and O–H groups in total. The van der Waals surface area contributed by atoms with Crippen LogP contribution in [0.25, 0.3) is 0 Å². The molecule has 2 aromatic rings. The summed E-state index contributed by atoms with van der Waals surface area (Å²) >= 11 is 0. The molecule has 29 heavy (non-hydrogen) atoms. The van der Waals surface area contributed by atoms with Gasteiger partial charge in [0.25, 0.3) is 0 Å². The number of methoxy groups -OCH3 is 1. The number of ether oxygens (including phenoxy) is 1. The zero-order valence-corrected chi connectivity index (χ0v) is 16.1. The zero-order valence-electron chi connectivity index (χ0n) is 16.1. The molecule has 0 saturated carbocycles. The zero-order chi connectivity index (χ0) is 20.4. The van der Waals surface area contributed by atoms with E-state index in [0.29, 0.717) is 29.2 Å². The largest absolute Gasteiger partial charge is 0.481 e. The summed E-state index contributed by atoms with van der Waals surface area (Å²) in [5.41, 5.74) is 0.587. The lowest BCUT2D eigenvalue weighted by atomic mass is 9.82. The predicted octanol–water partition coefficient (Wildman–Crippen LogP) is 1.92. The van der Waals surface area contributed by atoms with Crippen molar-refractivity contribution in [2.24, 2.45) is 0 Å². The Balaban J connectivity index is 1.49. The highest BCUT2D eigenvalue weighted by Gasteiger charge is 2.41. The van der Waals surface area contributed by atoms with Gasteiger partial charge in [-0.2, -0.15) is 15.1 Å². The second-order valence-corrected chi connectivity index (χ2v) is 7.42. The third-order valence-electron chi connectivity index (χ3n) is 5.50. The number of aromatic nitrogens is 4. The predicted molar refractivity (Wildman–Crippen MR) is 104 cm³/mol. The van der Waals surface area contributed by atoms with E-state index in [-0.39, 0.29) is 24.7 Å². The lowest BCUT2D eigenvalue weighted by molar-refractivity contribution is 0.0385. The number of anilines is 3. The van der Waals surface area contributed by atoms with Crippen molar-refractivity contribution in [1.82, 2.24) is 25.1 Å². The fraction of sp³-hybridized carbons (Fsp3) is 0.556. The third-order valence-corrected chi connectivity index (χ3v) is 5.50. The number of hydrogen-bond donors (Lipinski definition) is 5. The number of carbonyl (C=O) groups is 1. The second-order valence-electron chi connectivity index (χ2n) is 7.42. The van der Waals surface area contributed by atoms with Crippen LogP contribution in [-0.4, -0.2) is 66.6 Å². The molecule has 4 rings (SSSR count). The van der Waals surface area contributed by atoms with Gasteiger partial charge in [0.15, 0.2) is 5.82 Å². The van der Waals surface area contributed by atoms with Crippen molar-refractivity contribution in [3.8, 4) is 5.88 Å². The van der Waals surface area contributed by atoms with Gasteiger partial charge >= 0.3 is 6.09 Å². The van der Waals surface area contributed by atoms with Crippen molar-refractivity contribution in [3.63, 3.8) is 0 Å². The maximum atomic E-state index is 11.6. The van der Waals surface area contributed by atoms with Gasteiger partial charge in [-0.15, -0.1) is 0 Å². The average Bonchev–Trinajstić information content (AvgIpc) is 3.14. The van der Waals surface area contributed by atoms with Gasteiger partial charge in [-0.3, -0.25) is 5.10 Å². The highest BCUT2D eigenvalue weighted by Crippen LogP contribution is 2.35. The molecule has 3 atom stereocenters. The van der Waals surface area contributed by atoms with E-state index >= 15 is 0 Å². The number of carboxylic acid groups (broad SMARTS) is 1. The molecule has 2 fully saturated rings. The molecule has 2 saturated heterocycles. The molecule has 0 aromatic carbocycles. The molecule has 1 amide bonds. The van der Waals surface area contributed by atoms with Crippen molar-refractivity contribution in [2.45, 2.75) is 56.8 Å². The summed E-state index contributed by atoms with van der Waals surface area (Å²) in [7, 11) is 1.53. The molecule has 11 nitrogen and oxygen atoms in total. The van der Waals surface area contributed by atoms with Crippen molar-refractivity contribution in [1.29, 1.82) is 0 Å². The van der Waals surface area contributed by atoms with E-state index in [1.165, 1.54) is 7.11 Å². The monoisotopic (exact) mass is 403 g/mol. The summed E-state index contributed by atoms with van der Waals surface area (Å²) in [6.07, 6.45) is 3.47. The van der Waals surface area contributed by atoms with E-state index in [0.717, 1.165) is 32.1 Å². The minimum absolute atomic E-state index is 0.0293. The number of amides is 1. The second kappa shape index (κ2) is 8.11. The molecular weight excluding hydrogens is 378 g/mol. The van der Waals surface area contributed by atoms with E-state index in [1.807, 2.05) is 0 Å². The maximum Gasteiger partial charge on any atom is 0.407 e. The molecule has 0 radical (unpaired) electrons. The van der Waals surface area contributed by atoms with Crippen LogP contribution in [0, 0.1) is 0 Å². The quantitative estimate of drug-likeness (QED) is 0.487. The summed E-state index contributed by atoms with van der Waals surface area (Å²) in [6.45, 7) is -0.133. The Labute approximate surface area is 167 Å². The summed E-state index contributed by atoms with van der Waals surface area (Å²) in [6, 6.07) is 3.49. The number of hydrogen-bond acceptors (Lipinski definition) is 8. The normalized spacial score (nSPS) is 23.5. The summed E-state index contributed by atoms with van der Waals surface area (Å²) in [4.78, 5) is 22.1. The first-order valence-corrected chi connectivity index (χ1v) is 9.68. The molecule has 2 aliphatic heterocycles. The third kappa shape index (κ3) is 4.19. The van der Waals surface area contributed by atoms with Gasteiger partial charge in [0, 0.05) is 30.3 Å². The van der Waals surface area contributed by atoms with Gasteiger partial charge in [-0.05, 0) is 32.1 Å². The Bertz CT molecular complexity index is 860. The van der Waals surface area contributed by atoms with E-state index in [1.54, 1.807) is 17.0 Å². The number of aliphatic hydroxyl groups excluding tert-OH is 1. The Hall–Kier alpha value is -3.08. The first kappa shape index (κ1) is 19.2. The van der Waals surface area contributed by atoms with Crippen LogP contribution in [0.1, 0.15) is 37.8 Å². The van der Waals surface area contributed by atoms with Gasteiger partial charge in [-0.25, -0.2) is 4.79 Å². The Morgan fingerprint density at radius 3 is 2.66 bits per heavy atom. The number of aromatic amines is 1. The topological polar surface area (TPSA) is 149 Å².